The molecule has 1 N–H and O–H groups in total. The van der Waals surface area contributed by atoms with Crippen molar-refractivity contribution in [3.05, 3.63) is 35.9 Å². The van der Waals surface area contributed by atoms with E-state index in [9.17, 15) is 0 Å². The topological polar surface area (TPSA) is 18.5 Å². The van der Waals surface area contributed by atoms with Crippen LogP contribution < -0.4 is 5.32 Å². The van der Waals surface area contributed by atoms with Crippen LogP contribution in [0.1, 0.15) is 37.8 Å². The lowest BCUT2D eigenvalue weighted by molar-refractivity contribution is 0.0574. The maximum absolute atomic E-state index is 3.58. The van der Waals surface area contributed by atoms with Crippen LogP contribution in [0, 0.1) is 0 Å². The molecule has 0 bridgehead atoms. The second-order valence-electron chi connectivity index (χ2n) is 6.44. The summed E-state index contributed by atoms with van der Waals surface area (Å²) in [6.45, 7) is 9.55. The van der Waals surface area contributed by atoms with E-state index in [4.69, 9.17) is 0 Å². The zero-order chi connectivity index (χ0) is 14.5. The number of rotatable bonds is 4. The first kappa shape index (κ1) is 15.0. The molecule has 2 aliphatic rings. The molecule has 1 aromatic carbocycles. The summed E-state index contributed by atoms with van der Waals surface area (Å²) < 4.78 is 0. The van der Waals surface area contributed by atoms with Crippen LogP contribution in [-0.4, -0.2) is 55.1 Å². The standard InChI is InChI=1S/C18H29N3/c1-2-11-20-12-8-17(9-13-20)21-14-10-19-15-18(21)16-6-4-3-5-7-16/h3-7,17-19H,2,8-15H2,1H3. The van der Waals surface area contributed by atoms with Gasteiger partial charge in [-0.05, 0) is 44.5 Å². The van der Waals surface area contributed by atoms with Gasteiger partial charge in [0.1, 0.15) is 0 Å². The van der Waals surface area contributed by atoms with Crippen molar-refractivity contribution in [3.8, 4) is 0 Å². The van der Waals surface area contributed by atoms with Crippen molar-refractivity contribution in [2.24, 2.45) is 0 Å². The zero-order valence-electron chi connectivity index (χ0n) is 13.3. The molecule has 0 aromatic heterocycles. The fourth-order valence-electron chi connectivity index (χ4n) is 3.93. The summed E-state index contributed by atoms with van der Waals surface area (Å²) in [6, 6.07) is 12.4. The van der Waals surface area contributed by atoms with Gasteiger partial charge < -0.3 is 10.2 Å². The van der Waals surface area contributed by atoms with Gasteiger partial charge in [-0.2, -0.15) is 0 Å². The molecule has 1 aromatic rings. The van der Waals surface area contributed by atoms with Crippen molar-refractivity contribution >= 4 is 0 Å². The van der Waals surface area contributed by atoms with E-state index in [-0.39, 0.29) is 0 Å². The van der Waals surface area contributed by atoms with Crippen LogP contribution in [0.3, 0.4) is 0 Å². The third-order valence-electron chi connectivity index (χ3n) is 5.04. The van der Waals surface area contributed by atoms with E-state index in [1.165, 1.54) is 51.0 Å². The van der Waals surface area contributed by atoms with Crippen LogP contribution in [0.5, 0.6) is 0 Å². The Bertz CT molecular complexity index is 412. The van der Waals surface area contributed by atoms with Gasteiger partial charge in [-0.25, -0.2) is 0 Å². The van der Waals surface area contributed by atoms with Crippen molar-refractivity contribution in [3.63, 3.8) is 0 Å². The molecule has 2 heterocycles. The number of likely N-dealkylation sites (tertiary alicyclic amines) is 1. The maximum atomic E-state index is 3.58. The van der Waals surface area contributed by atoms with Gasteiger partial charge in [0.25, 0.3) is 0 Å². The highest BCUT2D eigenvalue weighted by molar-refractivity contribution is 5.20. The average molecular weight is 287 g/mol. The summed E-state index contributed by atoms with van der Waals surface area (Å²) in [4.78, 5) is 5.41. The smallest absolute Gasteiger partial charge is 0.0476 e. The van der Waals surface area contributed by atoms with Crippen LogP contribution >= 0.6 is 0 Å². The minimum atomic E-state index is 0.558. The molecule has 0 spiro atoms. The van der Waals surface area contributed by atoms with E-state index in [2.05, 4.69) is 52.4 Å². The molecule has 116 valence electrons. The maximum Gasteiger partial charge on any atom is 0.0476 e. The van der Waals surface area contributed by atoms with Crippen LogP contribution in [0.25, 0.3) is 0 Å². The predicted molar refractivity (Wildman–Crippen MR) is 88.5 cm³/mol. The number of nitrogens with zero attached hydrogens (tertiary/aromatic N) is 2. The normalized spacial score (nSPS) is 26.0. The largest absolute Gasteiger partial charge is 0.314 e. The zero-order valence-corrected chi connectivity index (χ0v) is 13.3. The first-order valence-corrected chi connectivity index (χ1v) is 8.62. The Morgan fingerprint density at radius 2 is 1.86 bits per heavy atom. The number of hydrogen-bond donors (Lipinski definition) is 1. The molecule has 0 aliphatic carbocycles. The molecule has 21 heavy (non-hydrogen) atoms. The van der Waals surface area contributed by atoms with Crippen LogP contribution in [0.2, 0.25) is 0 Å². The van der Waals surface area contributed by atoms with Crippen molar-refractivity contribution in [2.45, 2.75) is 38.3 Å². The Morgan fingerprint density at radius 1 is 1.10 bits per heavy atom. The quantitative estimate of drug-likeness (QED) is 0.918. The Kier molecular flexibility index (Phi) is 5.28. The fraction of sp³-hybridized carbons (Fsp3) is 0.667. The molecule has 3 nitrogen and oxygen atoms in total. The second-order valence-corrected chi connectivity index (χ2v) is 6.44. The van der Waals surface area contributed by atoms with Crippen molar-refractivity contribution in [1.82, 2.24) is 15.1 Å². The van der Waals surface area contributed by atoms with Gasteiger partial charge in [-0.1, -0.05) is 37.3 Å². The second kappa shape index (κ2) is 7.39. The van der Waals surface area contributed by atoms with E-state index in [1.807, 2.05) is 0 Å². The van der Waals surface area contributed by atoms with E-state index in [0.717, 1.165) is 19.1 Å². The Balaban J connectivity index is 1.65. The van der Waals surface area contributed by atoms with Gasteiger partial charge in [0.2, 0.25) is 0 Å². The number of benzene rings is 1. The first-order valence-electron chi connectivity index (χ1n) is 8.62. The molecule has 0 radical (unpaired) electrons. The van der Waals surface area contributed by atoms with Gasteiger partial charge in [0, 0.05) is 31.7 Å². The van der Waals surface area contributed by atoms with Crippen LogP contribution in [0.15, 0.2) is 30.3 Å². The Hall–Kier alpha value is -0.900. The van der Waals surface area contributed by atoms with Crippen molar-refractivity contribution < 1.29 is 0 Å². The minimum absolute atomic E-state index is 0.558. The molecular formula is C18H29N3. The summed E-state index contributed by atoms with van der Waals surface area (Å²) in [6.07, 6.45) is 3.96. The molecule has 0 saturated carbocycles. The predicted octanol–water partition coefficient (Wildman–Crippen LogP) is 2.51. The molecule has 0 amide bonds. The van der Waals surface area contributed by atoms with Crippen molar-refractivity contribution in [1.29, 1.82) is 0 Å². The molecule has 2 fully saturated rings. The first-order chi connectivity index (χ1) is 10.4. The van der Waals surface area contributed by atoms with E-state index < -0.39 is 0 Å². The van der Waals surface area contributed by atoms with E-state index in [1.54, 1.807) is 0 Å². The highest BCUT2D eigenvalue weighted by Crippen LogP contribution is 2.28. The van der Waals surface area contributed by atoms with E-state index in [0.29, 0.717) is 6.04 Å². The summed E-state index contributed by atoms with van der Waals surface area (Å²) in [5, 5.41) is 3.58. The number of piperazine rings is 1. The monoisotopic (exact) mass is 287 g/mol. The van der Waals surface area contributed by atoms with Gasteiger partial charge in [-0.15, -0.1) is 0 Å². The SMILES string of the molecule is CCCN1CCC(N2CCNCC2c2ccccc2)CC1. The van der Waals surface area contributed by atoms with E-state index >= 15 is 0 Å². The lowest BCUT2D eigenvalue weighted by Gasteiger charge is -2.45. The van der Waals surface area contributed by atoms with Crippen LogP contribution in [0.4, 0.5) is 0 Å². The number of nitrogens with one attached hydrogen (secondary N) is 1. The lowest BCUT2D eigenvalue weighted by atomic mass is 9.96. The Labute approximate surface area is 129 Å². The third kappa shape index (κ3) is 3.65. The number of hydrogen-bond acceptors (Lipinski definition) is 3. The third-order valence-corrected chi connectivity index (χ3v) is 5.04. The summed E-state index contributed by atoms with van der Waals surface area (Å²) >= 11 is 0. The van der Waals surface area contributed by atoms with Crippen molar-refractivity contribution in [2.75, 3.05) is 39.3 Å². The fourth-order valence-corrected chi connectivity index (χ4v) is 3.93. The van der Waals surface area contributed by atoms with Gasteiger partial charge in [0.15, 0.2) is 0 Å². The summed E-state index contributed by atoms with van der Waals surface area (Å²) in [5.74, 6) is 0. The number of piperidine rings is 1. The highest BCUT2D eigenvalue weighted by Gasteiger charge is 2.31. The lowest BCUT2D eigenvalue weighted by Crippen LogP contribution is -2.53. The molecule has 2 saturated heterocycles. The average Bonchev–Trinajstić information content (AvgIpc) is 2.57. The Morgan fingerprint density at radius 3 is 2.57 bits per heavy atom. The summed E-state index contributed by atoms with van der Waals surface area (Å²) in [5.41, 5.74) is 1.47. The molecule has 1 unspecified atom stereocenters. The molecule has 3 heteroatoms. The minimum Gasteiger partial charge on any atom is -0.314 e. The molecule has 2 aliphatic heterocycles. The van der Waals surface area contributed by atoms with Gasteiger partial charge >= 0.3 is 0 Å². The van der Waals surface area contributed by atoms with Gasteiger partial charge in [0.05, 0.1) is 0 Å². The highest BCUT2D eigenvalue weighted by atomic mass is 15.3. The molecular weight excluding hydrogens is 258 g/mol. The summed E-state index contributed by atoms with van der Waals surface area (Å²) in [7, 11) is 0. The molecule has 1 atom stereocenters. The molecule has 3 rings (SSSR count). The van der Waals surface area contributed by atoms with Gasteiger partial charge in [-0.3, -0.25) is 4.90 Å². The van der Waals surface area contributed by atoms with Crippen LogP contribution in [-0.2, 0) is 0 Å².